The van der Waals surface area contributed by atoms with Crippen molar-refractivity contribution in [2.45, 2.75) is 32.2 Å². The van der Waals surface area contributed by atoms with Crippen LogP contribution in [0.4, 0.5) is 22.1 Å². The van der Waals surface area contributed by atoms with Gasteiger partial charge in [0, 0.05) is 63.3 Å². The summed E-state index contributed by atoms with van der Waals surface area (Å²) in [5.41, 5.74) is 2.35. The minimum absolute atomic E-state index is 0.0247. The van der Waals surface area contributed by atoms with Crippen LogP contribution in [-0.2, 0) is 27.2 Å². The molecule has 5 heterocycles. The van der Waals surface area contributed by atoms with Crippen LogP contribution >= 0.6 is 0 Å². The van der Waals surface area contributed by atoms with Gasteiger partial charge in [-0.25, -0.2) is 14.8 Å². The second kappa shape index (κ2) is 12.3. The van der Waals surface area contributed by atoms with E-state index in [4.69, 9.17) is 9.47 Å². The van der Waals surface area contributed by atoms with Crippen molar-refractivity contribution in [3.8, 4) is 6.07 Å². The molecular weight excluding hydrogens is 514 g/mol. The molecule has 2 aromatic rings. The second-order valence-electron chi connectivity index (χ2n) is 10.2. The van der Waals surface area contributed by atoms with Crippen molar-refractivity contribution in [1.82, 2.24) is 14.9 Å². The van der Waals surface area contributed by atoms with Crippen molar-refractivity contribution >= 4 is 41.8 Å². The number of aldehydes is 1. The minimum Gasteiger partial charge on any atom is -0.381 e. The zero-order valence-electron chi connectivity index (χ0n) is 22.3. The third kappa shape index (κ3) is 6.00. The molecule has 3 aliphatic heterocycles. The molecule has 0 bridgehead atoms. The van der Waals surface area contributed by atoms with Crippen LogP contribution in [0.3, 0.4) is 0 Å². The van der Waals surface area contributed by atoms with Crippen molar-refractivity contribution < 1.29 is 23.9 Å². The molecule has 3 aliphatic rings. The van der Waals surface area contributed by atoms with E-state index in [0.717, 1.165) is 12.0 Å². The number of carbonyl (C=O) groups is 3. The van der Waals surface area contributed by atoms with E-state index in [1.165, 1.54) is 11.1 Å². The maximum Gasteiger partial charge on any atom is 0.328 e. The lowest BCUT2D eigenvalue weighted by molar-refractivity contribution is -0.134. The average molecular weight is 546 g/mol. The van der Waals surface area contributed by atoms with Crippen LogP contribution in [0, 0.1) is 23.2 Å². The van der Waals surface area contributed by atoms with Crippen molar-refractivity contribution in [1.29, 1.82) is 5.26 Å². The summed E-state index contributed by atoms with van der Waals surface area (Å²) in [6.07, 6.45) is 6.74. The van der Waals surface area contributed by atoms with E-state index >= 15 is 0 Å². The number of rotatable bonds is 7. The van der Waals surface area contributed by atoms with Crippen LogP contribution < -0.4 is 10.2 Å². The van der Waals surface area contributed by atoms with E-state index < -0.39 is 6.03 Å². The van der Waals surface area contributed by atoms with Crippen LogP contribution in [0.25, 0.3) is 0 Å². The Hall–Kier alpha value is -4.21. The minimum atomic E-state index is -0.456. The summed E-state index contributed by atoms with van der Waals surface area (Å²) >= 11 is 0. The highest BCUT2D eigenvalue weighted by atomic mass is 16.5. The van der Waals surface area contributed by atoms with Gasteiger partial charge in [-0.05, 0) is 37.3 Å². The number of carbonyl (C=O) groups excluding carboxylic acids is 3. The van der Waals surface area contributed by atoms with Gasteiger partial charge in [-0.1, -0.05) is 0 Å². The number of nitriles is 1. The number of aliphatic imine (C=N–C) groups is 1. The van der Waals surface area contributed by atoms with Gasteiger partial charge in [0.25, 0.3) is 0 Å². The third-order valence-electron chi connectivity index (χ3n) is 7.32. The molecule has 3 amide bonds. The number of aryl methyl sites for hydroxylation is 1. The number of hydrogen-bond acceptors (Lipinski definition) is 9. The van der Waals surface area contributed by atoms with Gasteiger partial charge in [0.15, 0.2) is 6.29 Å². The third-order valence-corrected chi connectivity index (χ3v) is 7.32. The average Bonchev–Trinajstić information content (AvgIpc) is 3.70. The van der Waals surface area contributed by atoms with Gasteiger partial charge in [-0.15, -0.1) is 0 Å². The lowest BCUT2D eigenvalue weighted by Gasteiger charge is -2.29. The fourth-order valence-corrected chi connectivity index (χ4v) is 5.10. The summed E-state index contributed by atoms with van der Waals surface area (Å²) in [7, 11) is 1.71. The summed E-state index contributed by atoms with van der Waals surface area (Å²) < 4.78 is 10.7. The summed E-state index contributed by atoms with van der Waals surface area (Å²) in [5, 5.41) is 12.2. The Morgan fingerprint density at radius 3 is 2.83 bits per heavy atom. The van der Waals surface area contributed by atoms with Gasteiger partial charge in [0.2, 0.25) is 5.91 Å². The highest BCUT2D eigenvalue weighted by Gasteiger charge is 2.29. The number of ether oxygens (including phenoxy) is 2. The molecule has 1 N–H and O–H groups in total. The Morgan fingerprint density at radius 1 is 1.27 bits per heavy atom. The Labute approximate surface area is 232 Å². The zero-order valence-corrected chi connectivity index (χ0v) is 22.3. The quantitative estimate of drug-likeness (QED) is 0.412. The van der Waals surface area contributed by atoms with E-state index in [1.807, 2.05) is 6.07 Å². The van der Waals surface area contributed by atoms with Gasteiger partial charge in [0.05, 0.1) is 30.4 Å². The van der Waals surface area contributed by atoms with E-state index in [2.05, 4.69) is 26.3 Å². The molecule has 40 heavy (non-hydrogen) atoms. The molecule has 0 spiro atoms. The number of hydrogen-bond donors (Lipinski definition) is 1. The van der Waals surface area contributed by atoms with Crippen LogP contribution in [0.5, 0.6) is 0 Å². The van der Waals surface area contributed by atoms with Crippen LogP contribution in [0.15, 0.2) is 23.3 Å². The Balaban J connectivity index is 1.33. The first-order valence-electron chi connectivity index (χ1n) is 13.4. The van der Waals surface area contributed by atoms with Crippen LogP contribution in [-0.4, -0.2) is 79.3 Å². The molecule has 5 rings (SSSR count). The van der Waals surface area contributed by atoms with Crippen molar-refractivity contribution in [3.05, 3.63) is 40.7 Å². The topological polar surface area (TPSA) is 150 Å². The van der Waals surface area contributed by atoms with Crippen LogP contribution in [0.2, 0.25) is 0 Å². The molecule has 0 saturated carbocycles. The molecule has 2 fully saturated rings. The summed E-state index contributed by atoms with van der Waals surface area (Å²) in [4.78, 5) is 54.3. The predicted octanol–water partition coefficient (Wildman–Crippen LogP) is 2.88. The Morgan fingerprint density at radius 2 is 2.10 bits per heavy atom. The van der Waals surface area contributed by atoms with Gasteiger partial charge in [0.1, 0.15) is 23.4 Å². The van der Waals surface area contributed by atoms with E-state index in [0.29, 0.717) is 81.2 Å². The largest absolute Gasteiger partial charge is 0.381 e. The molecule has 0 radical (unpaired) electrons. The van der Waals surface area contributed by atoms with E-state index in [-0.39, 0.29) is 35.8 Å². The Bertz CT molecular complexity index is 1360. The lowest BCUT2D eigenvalue weighted by Crippen LogP contribution is -2.40. The molecular formula is C28H31N7O5. The highest BCUT2D eigenvalue weighted by Crippen LogP contribution is 2.29. The number of nitrogens with one attached hydrogen (secondary N) is 1. The molecule has 2 aromatic heterocycles. The van der Waals surface area contributed by atoms with Gasteiger partial charge in [-0.2, -0.15) is 5.26 Å². The number of urea groups is 1. The lowest BCUT2D eigenvalue weighted by atomic mass is 10.0. The molecule has 208 valence electrons. The van der Waals surface area contributed by atoms with Gasteiger partial charge < -0.3 is 14.4 Å². The number of fused-ring (bicyclic) bond motifs is 1. The number of aromatic nitrogens is 2. The first kappa shape index (κ1) is 27.4. The van der Waals surface area contributed by atoms with Gasteiger partial charge >= 0.3 is 6.03 Å². The number of amides is 3. The molecule has 0 aliphatic carbocycles. The summed E-state index contributed by atoms with van der Waals surface area (Å²) in [6.45, 7) is 2.91. The molecule has 12 nitrogen and oxygen atoms in total. The second-order valence-corrected chi connectivity index (χ2v) is 10.2. The SMILES string of the molecule is CN(Cc1cc2c(nc1C=O)N(C(=O)Nc1cc(N=CC3CCOC3)c(C#N)cn1)CCC2)C(=O)[C@H]1CCOC1. The maximum atomic E-state index is 13.3. The summed E-state index contributed by atoms with van der Waals surface area (Å²) in [5.74, 6) is 0.631. The highest BCUT2D eigenvalue weighted by molar-refractivity contribution is 6.02. The van der Waals surface area contributed by atoms with Crippen LogP contribution in [0.1, 0.15) is 46.4 Å². The Kier molecular flexibility index (Phi) is 8.42. The fourth-order valence-electron chi connectivity index (χ4n) is 5.10. The molecule has 1 unspecified atom stereocenters. The van der Waals surface area contributed by atoms with E-state index in [9.17, 15) is 19.6 Å². The molecule has 2 saturated heterocycles. The predicted molar refractivity (Wildman–Crippen MR) is 146 cm³/mol. The monoisotopic (exact) mass is 545 g/mol. The van der Waals surface area contributed by atoms with Gasteiger partial charge in [-0.3, -0.25) is 24.8 Å². The van der Waals surface area contributed by atoms with Crippen molar-refractivity contribution in [3.63, 3.8) is 0 Å². The zero-order chi connectivity index (χ0) is 28.1. The standard InChI is InChI=1S/C28H31N7O5/c1-34(27(37)20-5-8-40-17-20)14-21-9-19-3-2-6-35(26(19)32-24(21)15-36)28(38)33-25-10-23(22(11-29)13-31-25)30-12-18-4-7-39-16-18/h9-10,12-13,15,18,20H,2-8,14,16-17H2,1H3,(H,31,33,38)/t18?,20-/m0/s1. The first-order chi connectivity index (χ1) is 19.5. The molecule has 2 atom stereocenters. The van der Waals surface area contributed by atoms with E-state index in [1.54, 1.807) is 24.2 Å². The molecule has 12 heteroatoms. The first-order valence-corrected chi connectivity index (χ1v) is 13.4. The maximum absolute atomic E-state index is 13.3. The normalized spacial score (nSPS) is 20.2. The number of anilines is 2. The number of pyridine rings is 2. The number of nitrogens with zero attached hydrogens (tertiary/aromatic N) is 6. The van der Waals surface area contributed by atoms with Crippen molar-refractivity contribution in [2.75, 3.05) is 50.2 Å². The van der Waals surface area contributed by atoms with Crippen molar-refractivity contribution in [2.24, 2.45) is 16.8 Å². The smallest absolute Gasteiger partial charge is 0.328 e. The molecule has 0 aromatic carbocycles. The fraction of sp³-hybridized carbons (Fsp3) is 0.464. The summed E-state index contributed by atoms with van der Waals surface area (Å²) in [6, 6.07) is 5.04.